The Bertz CT molecular complexity index is 1500. The van der Waals surface area contributed by atoms with Gasteiger partial charge < -0.3 is 18.9 Å². The summed E-state index contributed by atoms with van der Waals surface area (Å²) in [5, 5.41) is 0. The van der Waals surface area contributed by atoms with Crippen LogP contribution in [0.4, 0.5) is 0 Å². The van der Waals surface area contributed by atoms with E-state index >= 15 is 0 Å². The highest BCUT2D eigenvalue weighted by Crippen LogP contribution is 2.39. The fourth-order valence-corrected chi connectivity index (χ4v) is 6.58. The quantitative estimate of drug-likeness (QED) is 0.314. The molecule has 2 aliphatic rings. The number of carbonyl (C=O) groups excluding carboxylic acids is 1. The van der Waals surface area contributed by atoms with Gasteiger partial charge in [-0.15, -0.1) is 0 Å². The Morgan fingerprint density at radius 2 is 1.73 bits per heavy atom. The Morgan fingerprint density at radius 3 is 2.41 bits per heavy atom. The van der Waals surface area contributed by atoms with Gasteiger partial charge in [-0.2, -0.15) is 0 Å². The van der Waals surface area contributed by atoms with E-state index in [9.17, 15) is 13.2 Å². The summed E-state index contributed by atoms with van der Waals surface area (Å²) >= 11 is 0. The lowest BCUT2D eigenvalue weighted by Gasteiger charge is -2.30. The summed E-state index contributed by atoms with van der Waals surface area (Å²) in [7, 11) is -1.76. The maximum Gasteiger partial charge on any atom is 0.306 e. The van der Waals surface area contributed by atoms with Crippen LogP contribution in [0, 0.1) is 13.8 Å². The summed E-state index contributed by atoms with van der Waals surface area (Å²) in [6, 6.07) is 18.2. The molecule has 1 unspecified atom stereocenters. The molecule has 3 aromatic rings. The van der Waals surface area contributed by atoms with Crippen molar-refractivity contribution in [1.29, 1.82) is 0 Å². The number of rotatable bonds is 9. The largest absolute Gasteiger partial charge is 0.492 e. The van der Waals surface area contributed by atoms with Gasteiger partial charge in [-0.1, -0.05) is 24.3 Å². The number of fused-ring (bicyclic) bond motifs is 1. The zero-order valence-corrected chi connectivity index (χ0v) is 24.8. The third-order valence-electron chi connectivity index (χ3n) is 7.81. The average molecular weight is 580 g/mol. The Hall–Kier alpha value is -3.56. The first-order chi connectivity index (χ1) is 19.6. The molecule has 41 heavy (non-hydrogen) atoms. The van der Waals surface area contributed by atoms with E-state index in [0.717, 1.165) is 44.9 Å². The van der Waals surface area contributed by atoms with Crippen LogP contribution in [0.25, 0.3) is 11.1 Å². The number of methoxy groups -OCH3 is 1. The van der Waals surface area contributed by atoms with E-state index in [1.807, 2.05) is 30.3 Å². The zero-order valence-electron chi connectivity index (χ0n) is 24.0. The first-order valence-electron chi connectivity index (χ1n) is 13.9. The predicted octanol–water partition coefficient (Wildman–Crippen LogP) is 5.39. The van der Waals surface area contributed by atoms with Gasteiger partial charge in [0, 0.05) is 30.6 Å². The van der Waals surface area contributed by atoms with Crippen LogP contribution >= 0.6 is 0 Å². The lowest BCUT2D eigenvalue weighted by molar-refractivity contribution is -0.141. The third-order valence-corrected chi connectivity index (χ3v) is 9.11. The summed E-state index contributed by atoms with van der Waals surface area (Å²) in [4.78, 5) is 11.7. The van der Waals surface area contributed by atoms with Crippen molar-refractivity contribution in [3.05, 3.63) is 76.9 Å². The number of benzene rings is 3. The minimum atomic E-state index is -3.16. The van der Waals surface area contributed by atoms with Gasteiger partial charge in [-0.25, -0.2) is 12.7 Å². The van der Waals surface area contributed by atoms with E-state index in [4.69, 9.17) is 18.9 Å². The molecule has 0 aliphatic carbocycles. The van der Waals surface area contributed by atoms with Crippen molar-refractivity contribution in [2.75, 3.05) is 33.1 Å². The SMILES string of the molecule is COC(=O)CC1COc2cc(OCc3cccc(-c4c(C)cc(OC5CCN(S(C)(=O)=O)CC5)cc4C)c3)ccc21. The van der Waals surface area contributed by atoms with Gasteiger partial charge in [-0.05, 0) is 78.8 Å². The molecule has 2 heterocycles. The van der Waals surface area contributed by atoms with Crippen molar-refractivity contribution < 1.29 is 32.2 Å². The molecule has 8 nitrogen and oxygen atoms in total. The number of nitrogens with zero attached hydrogens (tertiary/aromatic N) is 1. The molecule has 2 aliphatic heterocycles. The van der Waals surface area contributed by atoms with E-state index in [0.29, 0.717) is 51.3 Å². The van der Waals surface area contributed by atoms with Gasteiger partial charge in [0.1, 0.15) is 30.0 Å². The zero-order chi connectivity index (χ0) is 29.1. The van der Waals surface area contributed by atoms with Gasteiger partial charge in [-0.3, -0.25) is 4.79 Å². The first-order valence-corrected chi connectivity index (χ1v) is 15.7. The number of piperidine rings is 1. The molecule has 5 rings (SSSR count). The van der Waals surface area contributed by atoms with Crippen LogP contribution in [-0.4, -0.2) is 57.9 Å². The molecule has 0 aromatic heterocycles. The standard InChI is InChI=1S/C32H37NO7S/c1-21-14-28(40-26-10-12-33(13-11-26)41(4,35)36)15-22(2)32(21)24-7-5-6-23(16-24)19-38-27-8-9-29-25(17-31(34)37-3)20-39-30(29)18-27/h5-9,14-16,18,25-26H,10-13,17,19-20H2,1-4H3. The number of esters is 1. The van der Waals surface area contributed by atoms with Crippen LogP contribution in [0.1, 0.15) is 47.4 Å². The molecule has 1 saturated heterocycles. The second-order valence-electron chi connectivity index (χ2n) is 10.9. The van der Waals surface area contributed by atoms with E-state index < -0.39 is 10.0 Å². The number of hydrogen-bond acceptors (Lipinski definition) is 7. The van der Waals surface area contributed by atoms with Gasteiger partial charge in [0.15, 0.2) is 0 Å². The van der Waals surface area contributed by atoms with Gasteiger partial charge in [0.05, 0.1) is 26.4 Å². The van der Waals surface area contributed by atoms with Crippen molar-refractivity contribution >= 4 is 16.0 Å². The van der Waals surface area contributed by atoms with E-state index in [1.54, 1.807) is 0 Å². The number of sulfonamides is 1. The second kappa shape index (κ2) is 12.1. The monoisotopic (exact) mass is 579 g/mol. The highest BCUT2D eigenvalue weighted by Gasteiger charge is 2.28. The minimum Gasteiger partial charge on any atom is -0.492 e. The Balaban J connectivity index is 1.23. The second-order valence-corrected chi connectivity index (χ2v) is 12.9. The van der Waals surface area contributed by atoms with Gasteiger partial charge >= 0.3 is 5.97 Å². The van der Waals surface area contributed by atoms with Crippen molar-refractivity contribution in [1.82, 2.24) is 4.31 Å². The summed E-state index contributed by atoms with van der Waals surface area (Å²) in [5.74, 6) is 2.03. The van der Waals surface area contributed by atoms with E-state index in [1.165, 1.54) is 17.7 Å². The topological polar surface area (TPSA) is 91.4 Å². The fraction of sp³-hybridized carbons (Fsp3) is 0.406. The summed E-state index contributed by atoms with van der Waals surface area (Å²) < 4.78 is 48.1. The molecule has 9 heteroatoms. The summed E-state index contributed by atoms with van der Waals surface area (Å²) in [6.45, 7) is 6.02. The van der Waals surface area contributed by atoms with Crippen LogP contribution in [0.3, 0.4) is 0 Å². The average Bonchev–Trinajstić information content (AvgIpc) is 3.33. The summed E-state index contributed by atoms with van der Waals surface area (Å²) in [5.41, 5.74) is 6.55. The molecular weight excluding hydrogens is 542 g/mol. The Kier molecular flexibility index (Phi) is 8.56. The number of ether oxygens (including phenoxy) is 4. The lowest BCUT2D eigenvalue weighted by Crippen LogP contribution is -2.41. The van der Waals surface area contributed by atoms with Crippen molar-refractivity contribution in [3.8, 4) is 28.4 Å². The maximum absolute atomic E-state index is 11.8. The van der Waals surface area contributed by atoms with Crippen molar-refractivity contribution in [2.45, 2.75) is 51.7 Å². The molecule has 0 spiro atoms. The number of carbonyl (C=O) groups is 1. The normalized spacial score (nSPS) is 17.5. The van der Waals surface area contributed by atoms with Gasteiger partial charge in [0.25, 0.3) is 0 Å². The minimum absolute atomic E-state index is 0.000596. The molecule has 218 valence electrons. The molecule has 0 amide bonds. The fourth-order valence-electron chi connectivity index (χ4n) is 5.70. The Labute approximate surface area is 242 Å². The van der Waals surface area contributed by atoms with Crippen LogP contribution in [0.5, 0.6) is 17.2 Å². The predicted molar refractivity (Wildman–Crippen MR) is 157 cm³/mol. The van der Waals surface area contributed by atoms with Gasteiger partial charge in [0.2, 0.25) is 10.0 Å². The molecule has 0 bridgehead atoms. The molecule has 0 radical (unpaired) electrons. The third kappa shape index (κ3) is 6.85. The van der Waals surface area contributed by atoms with Crippen LogP contribution in [-0.2, 0) is 26.2 Å². The maximum atomic E-state index is 11.8. The van der Waals surface area contributed by atoms with Crippen molar-refractivity contribution in [3.63, 3.8) is 0 Å². The van der Waals surface area contributed by atoms with E-state index in [-0.39, 0.29) is 18.0 Å². The highest BCUT2D eigenvalue weighted by molar-refractivity contribution is 7.88. The lowest BCUT2D eigenvalue weighted by atomic mass is 9.94. The molecule has 1 atom stereocenters. The molecule has 0 saturated carbocycles. The smallest absolute Gasteiger partial charge is 0.306 e. The Morgan fingerprint density at radius 1 is 1.00 bits per heavy atom. The summed E-state index contributed by atoms with van der Waals surface area (Å²) in [6.07, 6.45) is 2.92. The molecule has 0 N–H and O–H groups in total. The number of hydrogen-bond donors (Lipinski definition) is 0. The van der Waals surface area contributed by atoms with Crippen LogP contribution in [0.15, 0.2) is 54.6 Å². The molecular formula is C32H37NO7S. The van der Waals surface area contributed by atoms with E-state index in [2.05, 4.69) is 38.1 Å². The highest BCUT2D eigenvalue weighted by atomic mass is 32.2. The molecule has 1 fully saturated rings. The first kappa shape index (κ1) is 29.0. The number of aryl methyl sites for hydroxylation is 2. The van der Waals surface area contributed by atoms with Crippen LogP contribution in [0.2, 0.25) is 0 Å². The van der Waals surface area contributed by atoms with Crippen molar-refractivity contribution in [2.24, 2.45) is 0 Å². The van der Waals surface area contributed by atoms with Crippen LogP contribution < -0.4 is 14.2 Å². The molecule has 3 aromatic carbocycles.